The van der Waals surface area contributed by atoms with Crippen LogP contribution in [0.5, 0.6) is 0 Å². The van der Waals surface area contributed by atoms with Crippen molar-refractivity contribution in [2.45, 2.75) is 76.4 Å². The Morgan fingerprint density at radius 2 is 2.00 bits per heavy atom. The van der Waals surface area contributed by atoms with Crippen LogP contribution in [0, 0.1) is 5.92 Å². The molecule has 3 aliphatic rings. The number of nitrogens with zero attached hydrogens (tertiary/aromatic N) is 4. The van der Waals surface area contributed by atoms with Crippen molar-refractivity contribution in [2.24, 2.45) is 13.0 Å². The molecule has 10 heteroatoms. The van der Waals surface area contributed by atoms with Crippen LogP contribution < -0.4 is 14.9 Å². The molecule has 7 nitrogen and oxygen atoms in total. The first kappa shape index (κ1) is 27.0. The van der Waals surface area contributed by atoms with E-state index in [0.717, 1.165) is 31.2 Å². The molecule has 2 aromatic carbocycles. The van der Waals surface area contributed by atoms with Gasteiger partial charge in [0.25, 0.3) is 12.2 Å². The average Bonchev–Trinajstić information content (AvgIpc) is 3.43. The van der Waals surface area contributed by atoms with Crippen LogP contribution in [-0.2, 0) is 31.1 Å². The number of ether oxygens (including phenoxy) is 1. The van der Waals surface area contributed by atoms with Gasteiger partial charge in [0.1, 0.15) is 0 Å². The van der Waals surface area contributed by atoms with Crippen LogP contribution in [0.1, 0.15) is 77.6 Å². The van der Waals surface area contributed by atoms with E-state index in [4.69, 9.17) is 4.74 Å². The van der Waals surface area contributed by atoms with Crippen molar-refractivity contribution < 1.29 is 27.4 Å². The predicted molar refractivity (Wildman–Crippen MR) is 143 cm³/mol. The molecular formula is C30H35F3N5O2+. The average molecular weight is 555 g/mol. The van der Waals surface area contributed by atoms with Gasteiger partial charge in [0.15, 0.2) is 5.69 Å². The number of alkyl halides is 3. The van der Waals surface area contributed by atoms with Crippen molar-refractivity contribution in [3.8, 4) is 5.69 Å². The van der Waals surface area contributed by atoms with E-state index in [1.54, 1.807) is 41.1 Å². The maximum Gasteiger partial charge on any atom is 0.416 e. The molecule has 0 bridgehead atoms. The van der Waals surface area contributed by atoms with Gasteiger partial charge in [-0.05, 0) is 78.9 Å². The fourth-order valence-corrected chi connectivity index (χ4v) is 6.25. The fraction of sp³-hybridized carbons (Fsp3) is 0.500. The normalized spacial score (nSPS) is 21.8. The van der Waals surface area contributed by atoms with Crippen molar-refractivity contribution in [3.63, 3.8) is 0 Å². The van der Waals surface area contributed by atoms with Crippen LogP contribution in [0.25, 0.3) is 5.69 Å². The molecule has 212 valence electrons. The van der Waals surface area contributed by atoms with Crippen molar-refractivity contribution in [1.29, 1.82) is 0 Å². The number of aromatic nitrogens is 3. The molecule has 0 saturated heterocycles. The number of para-hydroxylation sites is 1. The number of nitrogens with one attached hydrogen (secondary N) is 1. The summed E-state index contributed by atoms with van der Waals surface area (Å²) in [6.07, 6.45) is 4.21. The third kappa shape index (κ3) is 4.81. The van der Waals surface area contributed by atoms with E-state index in [1.165, 1.54) is 17.4 Å². The van der Waals surface area contributed by atoms with E-state index < -0.39 is 17.6 Å². The number of hydrogen-bond acceptors (Lipinski definition) is 4. The predicted octanol–water partition coefficient (Wildman–Crippen LogP) is 5.05. The molecule has 0 unspecified atom stereocenters. The summed E-state index contributed by atoms with van der Waals surface area (Å²) in [4.78, 5) is 15.3. The van der Waals surface area contributed by atoms with Gasteiger partial charge < -0.3 is 10.1 Å². The Labute approximate surface area is 231 Å². The zero-order valence-electron chi connectivity index (χ0n) is 23.0. The van der Waals surface area contributed by atoms with E-state index in [1.807, 2.05) is 19.2 Å². The second kappa shape index (κ2) is 10.3. The Balaban J connectivity index is 1.37. The van der Waals surface area contributed by atoms with E-state index in [0.29, 0.717) is 22.9 Å². The third-order valence-electron chi connectivity index (χ3n) is 8.98. The number of carbonyl (C=O) groups is 1. The summed E-state index contributed by atoms with van der Waals surface area (Å²) in [7, 11) is 3.55. The molecule has 1 amide bonds. The number of amides is 1. The summed E-state index contributed by atoms with van der Waals surface area (Å²) < 4.78 is 52.0. The molecule has 0 radical (unpaired) electrons. The first-order valence-corrected chi connectivity index (χ1v) is 14.0. The maximum atomic E-state index is 14.3. The Morgan fingerprint density at radius 1 is 1.23 bits per heavy atom. The smallest absolute Gasteiger partial charge is 0.381 e. The van der Waals surface area contributed by atoms with Gasteiger partial charge in [-0.3, -0.25) is 9.69 Å². The Bertz CT molecular complexity index is 1430. The summed E-state index contributed by atoms with van der Waals surface area (Å²) in [6.45, 7) is 2.22. The molecule has 2 saturated carbocycles. The van der Waals surface area contributed by atoms with Gasteiger partial charge in [-0.25, -0.2) is 4.57 Å². The molecule has 2 fully saturated rings. The maximum absolute atomic E-state index is 14.3. The number of rotatable bonds is 8. The molecule has 1 aromatic heterocycles. The second-order valence-electron chi connectivity index (χ2n) is 11.5. The number of methoxy groups -OCH3 is 1. The van der Waals surface area contributed by atoms with Gasteiger partial charge in [-0.2, -0.15) is 13.2 Å². The van der Waals surface area contributed by atoms with Gasteiger partial charge >= 0.3 is 6.18 Å². The summed E-state index contributed by atoms with van der Waals surface area (Å²) in [5.74, 6) is 0.335. The van der Waals surface area contributed by atoms with E-state index >= 15 is 0 Å². The monoisotopic (exact) mass is 554 g/mol. The molecule has 0 spiro atoms. The molecule has 2 heterocycles. The summed E-state index contributed by atoms with van der Waals surface area (Å²) in [5, 5.41) is 7.88. The molecule has 2 aliphatic carbocycles. The van der Waals surface area contributed by atoms with Gasteiger partial charge in [0.05, 0.1) is 30.9 Å². The number of hydrogen-bond donors (Lipinski definition) is 1. The first-order valence-electron chi connectivity index (χ1n) is 14.0. The van der Waals surface area contributed by atoms with Crippen molar-refractivity contribution in [3.05, 3.63) is 70.8 Å². The second-order valence-corrected chi connectivity index (χ2v) is 11.5. The zero-order chi connectivity index (χ0) is 28.2. The third-order valence-corrected chi connectivity index (χ3v) is 8.98. The minimum absolute atomic E-state index is 0.0266. The molecule has 40 heavy (non-hydrogen) atoms. The lowest BCUT2D eigenvalue weighted by Gasteiger charge is -2.35. The summed E-state index contributed by atoms with van der Waals surface area (Å²) in [6, 6.07) is 8.75. The molecule has 1 N–H and O–H groups in total. The number of benzene rings is 2. The number of aryl methyl sites for hydroxylation is 1. The Kier molecular flexibility index (Phi) is 6.94. The quantitative estimate of drug-likeness (QED) is 0.396. The number of fused-ring (bicyclic) bond motifs is 1. The molecule has 6 rings (SSSR count). The van der Waals surface area contributed by atoms with Crippen LogP contribution in [0.3, 0.4) is 0 Å². The Hall–Kier alpha value is -3.24. The van der Waals surface area contributed by atoms with E-state index in [9.17, 15) is 18.0 Å². The first-order chi connectivity index (χ1) is 19.1. The lowest BCUT2D eigenvalue weighted by Crippen LogP contribution is -2.39. The minimum Gasteiger partial charge on any atom is -0.381 e. The number of carbonyl (C=O) groups excluding carboxylic acids is 1. The van der Waals surface area contributed by atoms with Crippen molar-refractivity contribution in [1.82, 2.24) is 15.0 Å². The van der Waals surface area contributed by atoms with Crippen LogP contribution >= 0.6 is 0 Å². The summed E-state index contributed by atoms with van der Waals surface area (Å²) >= 11 is 0. The van der Waals surface area contributed by atoms with Gasteiger partial charge in [0.2, 0.25) is 6.33 Å². The van der Waals surface area contributed by atoms with Crippen LogP contribution in [-0.4, -0.2) is 34.8 Å². The fourth-order valence-electron chi connectivity index (χ4n) is 6.25. The molecule has 3 aromatic rings. The molecule has 1 aliphatic heterocycles. The highest BCUT2D eigenvalue weighted by Crippen LogP contribution is 2.44. The lowest BCUT2D eigenvalue weighted by atomic mass is 9.76. The van der Waals surface area contributed by atoms with Crippen LogP contribution in [0.2, 0.25) is 0 Å². The summed E-state index contributed by atoms with van der Waals surface area (Å²) in [5.41, 5.74) is 2.15. The van der Waals surface area contributed by atoms with E-state index in [2.05, 4.69) is 17.3 Å². The van der Waals surface area contributed by atoms with Crippen LogP contribution in [0.4, 0.5) is 18.9 Å². The largest absolute Gasteiger partial charge is 0.416 e. The minimum atomic E-state index is -4.57. The highest BCUT2D eigenvalue weighted by Gasteiger charge is 2.42. The Morgan fingerprint density at radius 3 is 2.62 bits per heavy atom. The van der Waals surface area contributed by atoms with Crippen LogP contribution in [0.15, 0.2) is 43.0 Å². The highest BCUT2D eigenvalue weighted by molar-refractivity contribution is 6.11. The SMILES string of the molecule is CO[C@H]1C[C@@H](c2cccc(N3Cc4c(cc(CN[C@H](C)C5CCC5)cc4C(F)(F)F)C3=O)c2-[n+]2cn(C)cn2)C1. The van der Waals surface area contributed by atoms with Gasteiger partial charge in [-0.1, -0.05) is 23.2 Å². The molecule has 1 atom stereocenters. The van der Waals surface area contributed by atoms with Crippen molar-refractivity contribution >= 4 is 11.6 Å². The highest BCUT2D eigenvalue weighted by atomic mass is 19.4. The zero-order valence-corrected chi connectivity index (χ0v) is 23.0. The van der Waals surface area contributed by atoms with Gasteiger partial charge in [0, 0.05) is 30.8 Å². The topological polar surface area (TPSA) is 63.3 Å². The number of anilines is 1. The molecular weight excluding hydrogens is 519 g/mol. The number of halogens is 3. The van der Waals surface area contributed by atoms with E-state index in [-0.39, 0.29) is 42.3 Å². The van der Waals surface area contributed by atoms with Crippen molar-refractivity contribution in [2.75, 3.05) is 12.0 Å². The lowest BCUT2D eigenvalue weighted by molar-refractivity contribution is -0.657. The standard InChI is InChI=1S/C30H35F3N5O2/c1-18(20-6-4-7-20)34-14-19-10-24-25(26(11-19)30(31,32)33)15-37(29(24)39)27-9-5-8-23(21-12-22(13-21)40-3)28(27)38-17-36(2)16-35-38/h5,8-11,16-18,20-22,34H,4,6-7,12-15H2,1-3H3/q+1/t18-,21-,22+/m1/s1. The van der Waals surface area contributed by atoms with Gasteiger partial charge in [-0.15, -0.1) is 0 Å².